The molecule has 1 fully saturated rings. The third-order valence-electron chi connectivity index (χ3n) is 3.27. The van der Waals surface area contributed by atoms with Crippen LogP contribution in [0.4, 0.5) is 10.1 Å². The molecule has 0 saturated carbocycles. The molecule has 1 saturated heterocycles. The van der Waals surface area contributed by atoms with Gasteiger partial charge in [0.15, 0.2) is 0 Å². The summed E-state index contributed by atoms with van der Waals surface area (Å²) in [5.41, 5.74) is 0.967. The Hall–Kier alpha value is -1.46. The summed E-state index contributed by atoms with van der Waals surface area (Å²) in [4.78, 5) is 12.0. The lowest BCUT2D eigenvalue weighted by atomic mass is 10.1. The van der Waals surface area contributed by atoms with Gasteiger partial charge in [-0.25, -0.2) is 4.39 Å². The van der Waals surface area contributed by atoms with E-state index in [1.807, 2.05) is 0 Å². The molecule has 0 spiro atoms. The van der Waals surface area contributed by atoms with E-state index in [4.69, 9.17) is 4.74 Å². The van der Waals surface area contributed by atoms with E-state index in [1.165, 1.54) is 6.07 Å². The van der Waals surface area contributed by atoms with Crippen LogP contribution >= 0.6 is 0 Å². The maximum Gasteiger partial charge on any atom is 0.241 e. The van der Waals surface area contributed by atoms with Crippen LogP contribution in [0.3, 0.4) is 0 Å². The molecule has 0 bridgehead atoms. The van der Waals surface area contributed by atoms with Crippen molar-refractivity contribution in [2.75, 3.05) is 19.0 Å². The zero-order valence-corrected chi connectivity index (χ0v) is 10.5. The van der Waals surface area contributed by atoms with Gasteiger partial charge in [-0.05, 0) is 25.5 Å². The summed E-state index contributed by atoms with van der Waals surface area (Å²) in [6.45, 7) is 2.31. The number of carbonyl (C=O) groups excluding carboxylic acids is 1. The first-order chi connectivity index (χ1) is 8.61. The molecule has 0 aliphatic carbocycles. The van der Waals surface area contributed by atoms with Gasteiger partial charge >= 0.3 is 0 Å². The van der Waals surface area contributed by atoms with E-state index in [-0.39, 0.29) is 23.9 Å². The van der Waals surface area contributed by atoms with E-state index in [1.54, 1.807) is 26.2 Å². The van der Waals surface area contributed by atoms with Crippen LogP contribution in [0.2, 0.25) is 0 Å². The van der Waals surface area contributed by atoms with Crippen LogP contribution in [0.5, 0.6) is 0 Å². The molecule has 18 heavy (non-hydrogen) atoms. The van der Waals surface area contributed by atoms with Crippen LogP contribution in [-0.4, -0.2) is 31.7 Å². The van der Waals surface area contributed by atoms with Crippen LogP contribution in [0.15, 0.2) is 18.2 Å². The van der Waals surface area contributed by atoms with Crippen molar-refractivity contribution in [3.05, 3.63) is 29.6 Å². The Labute approximate surface area is 106 Å². The van der Waals surface area contributed by atoms with Gasteiger partial charge in [-0.3, -0.25) is 4.79 Å². The summed E-state index contributed by atoms with van der Waals surface area (Å²) >= 11 is 0. The first-order valence-electron chi connectivity index (χ1n) is 5.94. The van der Waals surface area contributed by atoms with Crippen LogP contribution < -0.4 is 10.6 Å². The number of anilines is 1. The number of rotatable bonds is 3. The minimum Gasteiger partial charge on any atom is -0.380 e. The molecule has 1 aliphatic rings. The number of hydrogen-bond acceptors (Lipinski definition) is 3. The summed E-state index contributed by atoms with van der Waals surface area (Å²) in [6, 6.07) is 4.37. The topological polar surface area (TPSA) is 50.4 Å². The van der Waals surface area contributed by atoms with Gasteiger partial charge in [-0.15, -0.1) is 0 Å². The third kappa shape index (κ3) is 2.68. The number of benzene rings is 1. The second-order valence-corrected chi connectivity index (χ2v) is 4.46. The predicted molar refractivity (Wildman–Crippen MR) is 67.0 cm³/mol. The molecule has 2 N–H and O–H groups in total. The minimum absolute atomic E-state index is 0.0642. The lowest BCUT2D eigenvalue weighted by Gasteiger charge is -2.13. The lowest BCUT2D eigenvalue weighted by molar-refractivity contribution is -0.118. The average Bonchev–Trinajstić information content (AvgIpc) is 2.83. The molecule has 1 heterocycles. The Bertz CT molecular complexity index is 451. The van der Waals surface area contributed by atoms with Gasteiger partial charge in [0.05, 0.1) is 12.1 Å². The molecule has 5 heteroatoms. The molecule has 98 valence electrons. The van der Waals surface area contributed by atoms with E-state index in [2.05, 4.69) is 10.6 Å². The van der Waals surface area contributed by atoms with Crippen molar-refractivity contribution in [1.29, 1.82) is 0 Å². The largest absolute Gasteiger partial charge is 0.380 e. The third-order valence-corrected chi connectivity index (χ3v) is 3.27. The number of nitrogens with one attached hydrogen (secondary N) is 2. The fourth-order valence-electron chi connectivity index (χ4n) is 2.05. The Morgan fingerprint density at radius 1 is 1.56 bits per heavy atom. The van der Waals surface area contributed by atoms with Crippen LogP contribution in [-0.2, 0) is 9.53 Å². The molecule has 1 amide bonds. The normalized spacial score (nSPS) is 23.1. The van der Waals surface area contributed by atoms with Gasteiger partial charge in [0.25, 0.3) is 0 Å². The second kappa shape index (κ2) is 5.46. The van der Waals surface area contributed by atoms with Crippen LogP contribution in [0.1, 0.15) is 12.0 Å². The van der Waals surface area contributed by atoms with Crippen molar-refractivity contribution in [2.24, 2.45) is 0 Å². The molecular formula is C13H17FN2O2. The molecular weight excluding hydrogens is 235 g/mol. The highest BCUT2D eigenvalue weighted by molar-refractivity contribution is 5.95. The van der Waals surface area contributed by atoms with Crippen molar-refractivity contribution < 1.29 is 13.9 Å². The Morgan fingerprint density at radius 2 is 2.33 bits per heavy atom. The molecule has 1 aromatic rings. The molecule has 1 aliphatic heterocycles. The van der Waals surface area contributed by atoms with E-state index < -0.39 is 0 Å². The van der Waals surface area contributed by atoms with Crippen molar-refractivity contribution >= 4 is 11.6 Å². The van der Waals surface area contributed by atoms with Crippen LogP contribution in [0, 0.1) is 12.7 Å². The number of hydrogen-bond donors (Lipinski definition) is 2. The highest BCUT2D eigenvalue weighted by atomic mass is 19.1. The van der Waals surface area contributed by atoms with E-state index in [0.717, 1.165) is 0 Å². The lowest BCUT2D eigenvalue weighted by Crippen LogP contribution is -2.35. The zero-order chi connectivity index (χ0) is 13.1. The predicted octanol–water partition coefficient (Wildman–Crippen LogP) is 1.45. The van der Waals surface area contributed by atoms with E-state index in [9.17, 15) is 9.18 Å². The fourth-order valence-corrected chi connectivity index (χ4v) is 2.05. The standard InChI is InChI=1S/C13H17FN2O2/c1-8-10(14)4-3-5-11(8)16-13(17)12-6-9(18-2)7-15-12/h3-5,9,12,15H,6-7H2,1-2H3,(H,16,17). The molecule has 2 atom stereocenters. The van der Waals surface area contributed by atoms with Crippen molar-refractivity contribution in [1.82, 2.24) is 5.32 Å². The van der Waals surface area contributed by atoms with Gasteiger partial charge < -0.3 is 15.4 Å². The second-order valence-electron chi connectivity index (χ2n) is 4.46. The summed E-state index contributed by atoms with van der Waals surface area (Å²) in [6.07, 6.45) is 0.700. The number of methoxy groups -OCH3 is 1. The minimum atomic E-state index is -0.318. The molecule has 0 radical (unpaired) electrons. The average molecular weight is 252 g/mol. The Kier molecular flexibility index (Phi) is 3.93. The van der Waals surface area contributed by atoms with Crippen molar-refractivity contribution in [2.45, 2.75) is 25.5 Å². The number of halogens is 1. The van der Waals surface area contributed by atoms with Gasteiger partial charge in [-0.1, -0.05) is 6.07 Å². The number of carbonyl (C=O) groups is 1. The summed E-state index contributed by atoms with van der Waals surface area (Å²) < 4.78 is 18.5. The smallest absolute Gasteiger partial charge is 0.241 e. The monoisotopic (exact) mass is 252 g/mol. The maximum atomic E-state index is 13.3. The SMILES string of the molecule is COC1CNC(C(=O)Nc2cccc(F)c2C)C1. The first kappa shape index (κ1) is 13.0. The summed E-state index contributed by atoms with van der Waals surface area (Å²) in [5.74, 6) is -0.467. The highest BCUT2D eigenvalue weighted by Crippen LogP contribution is 2.19. The van der Waals surface area contributed by atoms with Gasteiger partial charge in [-0.2, -0.15) is 0 Å². The van der Waals surface area contributed by atoms with E-state index >= 15 is 0 Å². The zero-order valence-electron chi connectivity index (χ0n) is 10.5. The van der Waals surface area contributed by atoms with Crippen molar-refractivity contribution in [3.8, 4) is 0 Å². The first-order valence-corrected chi connectivity index (χ1v) is 5.94. The number of ether oxygens (including phenoxy) is 1. The highest BCUT2D eigenvalue weighted by Gasteiger charge is 2.29. The van der Waals surface area contributed by atoms with Gasteiger partial charge in [0.1, 0.15) is 5.82 Å². The molecule has 1 aromatic carbocycles. The van der Waals surface area contributed by atoms with Gasteiger partial charge in [0, 0.05) is 24.9 Å². The van der Waals surface area contributed by atoms with Crippen molar-refractivity contribution in [3.63, 3.8) is 0 Å². The Morgan fingerprint density at radius 3 is 3.00 bits per heavy atom. The quantitative estimate of drug-likeness (QED) is 0.856. The van der Waals surface area contributed by atoms with Crippen LogP contribution in [0.25, 0.3) is 0 Å². The van der Waals surface area contributed by atoms with Gasteiger partial charge in [0.2, 0.25) is 5.91 Å². The fraction of sp³-hybridized carbons (Fsp3) is 0.462. The molecule has 4 nitrogen and oxygen atoms in total. The Balaban J connectivity index is 2.01. The number of amides is 1. The molecule has 2 unspecified atom stereocenters. The summed E-state index contributed by atoms with van der Waals surface area (Å²) in [5, 5.41) is 5.82. The van der Waals surface area contributed by atoms with E-state index in [0.29, 0.717) is 24.2 Å². The molecule has 2 rings (SSSR count). The molecule has 0 aromatic heterocycles. The maximum absolute atomic E-state index is 13.3. The summed E-state index contributed by atoms with van der Waals surface area (Å²) in [7, 11) is 1.63.